The maximum atomic E-state index is 10.5. The monoisotopic (exact) mass is 265 g/mol. The molecule has 0 atom stereocenters. The molecule has 2 rings (SSSR count). The van der Waals surface area contributed by atoms with Gasteiger partial charge in [0.1, 0.15) is 0 Å². The first-order valence-electron chi connectivity index (χ1n) is 5.46. The number of carboxylic acids is 1. The van der Waals surface area contributed by atoms with Crippen LogP contribution in [0.4, 0.5) is 0 Å². The predicted molar refractivity (Wildman–Crippen MR) is 67.1 cm³/mol. The molecule has 0 saturated carbocycles. The van der Waals surface area contributed by atoms with Gasteiger partial charge in [-0.3, -0.25) is 4.79 Å². The number of hydrogen-bond donors (Lipinski definition) is 1. The van der Waals surface area contributed by atoms with Gasteiger partial charge >= 0.3 is 5.97 Å². The van der Waals surface area contributed by atoms with Crippen LogP contribution in [0.3, 0.4) is 0 Å². The smallest absolute Gasteiger partial charge is 0.303 e. The van der Waals surface area contributed by atoms with Crippen LogP contribution in [0.2, 0.25) is 5.02 Å². The maximum Gasteiger partial charge on any atom is 0.303 e. The molecule has 0 amide bonds. The lowest BCUT2D eigenvalue weighted by molar-refractivity contribution is -0.136. The largest absolute Gasteiger partial charge is 0.481 e. The number of benzene rings is 1. The lowest BCUT2D eigenvalue weighted by atomic mass is 10.2. The third-order valence-electron chi connectivity index (χ3n) is 2.62. The van der Waals surface area contributed by atoms with Crippen molar-refractivity contribution in [3.05, 3.63) is 40.7 Å². The van der Waals surface area contributed by atoms with Crippen molar-refractivity contribution >= 4 is 17.6 Å². The molecule has 0 aliphatic heterocycles. The minimum absolute atomic E-state index is 0.0488. The van der Waals surface area contributed by atoms with Crippen molar-refractivity contribution in [2.24, 2.45) is 0 Å². The van der Waals surface area contributed by atoms with Gasteiger partial charge < -0.3 is 5.11 Å². The molecular weight excluding hydrogens is 254 g/mol. The molecule has 6 heteroatoms. The molecule has 0 aliphatic carbocycles. The van der Waals surface area contributed by atoms with Gasteiger partial charge in [0.2, 0.25) is 0 Å². The molecule has 0 bridgehead atoms. The summed E-state index contributed by atoms with van der Waals surface area (Å²) in [4.78, 5) is 10.5. The van der Waals surface area contributed by atoms with Crippen molar-refractivity contribution in [3.63, 3.8) is 0 Å². The molecule has 0 aliphatic rings. The Bertz CT molecular complexity index is 580. The molecule has 94 valence electrons. The lowest BCUT2D eigenvalue weighted by Crippen LogP contribution is -1.98. The first-order valence-corrected chi connectivity index (χ1v) is 5.84. The van der Waals surface area contributed by atoms with Crippen LogP contribution in [-0.4, -0.2) is 26.1 Å². The van der Waals surface area contributed by atoms with Crippen LogP contribution in [0.15, 0.2) is 24.4 Å². The van der Waals surface area contributed by atoms with E-state index in [-0.39, 0.29) is 6.42 Å². The zero-order valence-electron chi connectivity index (χ0n) is 9.80. The fourth-order valence-electron chi connectivity index (χ4n) is 1.61. The molecule has 1 aromatic heterocycles. The highest BCUT2D eigenvalue weighted by Crippen LogP contribution is 2.21. The van der Waals surface area contributed by atoms with Crippen LogP contribution in [-0.2, 0) is 11.2 Å². The lowest BCUT2D eigenvalue weighted by Gasteiger charge is -2.05. The molecule has 18 heavy (non-hydrogen) atoms. The van der Waals surface area contributed by atoms with Crippen molar-refractivity contribution in [2.75, 3.05) is 0 Å². The summed E-state index contributed by atoms with van der Waals surface area (Å²) >= 11 is 6.03. The molecule has 1 aromatic carbocycles. The van der Waals surface area contributed by atoms with Crippen LogP contribution >= 0.6 is 11.6 Å². The Morgan fingerprint density at radius 1 is 1.50 bits per heavy atom. The minimum atomic E-state index is -0.844. The standard InChI is InChI=1S/C12H12ClN3O2/c1-8-10(13)3-2-4-11(8)16-7-9(14-15-16)5-6-12(17)18/h2-4,7H,5-6H2,1H3,(H,17,18). The Morgan fingerprint density at radius 3 is 3.00 bits per heavy atom. The second-order valence-electron chi connectivity index (χ2n) is 3.93. The number of nitrogens with zero attached hydrogens (tertiary/aromatic N) is 3. The van der Waals surface area contributed by atoms with Gasteiger partial charge in [-0.15, -0.1) is 5.10 Å². The van der Waals surface area contributed by atoms with Crippen LogP contribution in [0, 0.1) is 6.92 Å². The summed E-state index contributed by atoms with van der Waals surface area (Å²) in [5.74, 6) is -0.844. The second kappa shape index (κ2) is 5.18. The Balaban J connectivity index is 2.24. The van der Waals surface area contributed by atoms with E-state index in [2.05, 4.69) is 10.3 Å². The van der Waals surface area contributed by atoms with Crippen molar-refractivity contribution in [3.8, 4) is 5.69 Å². The average molecular weight is 266 g/mol. The summed E-state index contributed by atoms with van der Waals surface area (Å²) in [5.41, 5.74) is 2.40. The highest BCUT2D eigenvalue weighted by atomic mass is 35.5. The fourth-order valence-corrected chi connectivity index (χ4v) is 1.78. The first kappa shape index (κ1) is 12.6. The Labute approximate surface area is 109 Å². The SMILES string of the molecule is Cc1c(Cl)cccc1-n1cc(CCC(=O)O)nn1. The summed E-state index contributed by atoms with van der Waals surface area (Å²) in [5, 5.41) is 17.2. The van der Waals surface area contributed by atoms with Gasteiger partial charge in [0.15, 0.2) is 0 Å². The molecule has 0 radical (unpaired) electrons. The van der Waals surface area contributed by atoms with E-state index in [9.17, 15) is 4.79 Å². The van der Waals surface area contributed by atoms with E-state index < -0.39 is 5.97 Å². The number of aromatic nitrogens is 3. The Hall–Kier alpha value is -1.88. The van der Waals surface area contributed by atoms with Gasteiger partial charge in [-0.25, -0.2) is 4.68 Å². The topological polar surface area (TPSA) is 68.0 Å². The average Bonchev–Trinajstić information content (AvgIpc) is 2.78. The van der Waals surface area contributed by atoms with E-state index in [0.717, 1.165) is 11.3 Å². The quantitative estimate of drug-likeness (QED) is 0.921. The summed E-state index contributed by atoms with van der Waals surface area (Å²) in [6.45, 7) is 1.90. The van der Waals surface area contributed by atoms with Crippen LogP contribution in [0.1, 0.15) is 17.7 Å². The van der Waals surface area contributed by atoms with Crippen molar-refractivity contribution in [2.45, 2.75) is 19.8 Å². The highest BCUT2D eigenvalue weighted by Gasteiger charge is 2.08. The molecule has 0 saturated heterocycles. The molecule has 1 N–H and O–H groups in total. The number of rotatable bonds is 4. The summed E-state index contributed by atoms with van der Waals surface area (Å²) in [7, 11) is 0. The van der Waals surface area contributed by atoms with Crippen molar-refractivity contribution in [1.82, 2.24) is 15.0 Å². The minimum Gasteiger partial charge on any atom is -0.481 e. The number of halogens is 1. The Morgan fingerprint density at radius 2 is 2.28 bits per heavy atom. The van der Waals surface area contributed by atoms with Gasteiger partial charge in [-0.2, -0.15) is 0 Å². The highest BCUT2D eigenvalue weighted by molar-refractivity contribution is 6.31. The van der Waals surface area contributed by atoms with Gasteiger partial charge in [-0.1, -0.05) is 22.9 Å². The molecular formula is C12H12ClN3O2. The summed E-state index contributed by atoms with van der Waals surface area (Å²) in [6, 6.07) is 5.53. The maximum absolute atomic E-state index is 10.5. The summed E-state index contributed by atoms with van der Waals surface area (Å²) < 4.78 is 1.61. The van der Waals surface area contributed by atoms with Gasteiger partial charge in [0.25, 0.3) is 0 Å². The molecule has 5 nitrogen and oxygen atoms in total. The van der Waals surface area contributed by atoms with Gasteiger partial charge in [0, 0.05) is 11.4 Å². The van der Waals surface area contributed by atoms with E-state index in [4.69, 9.17) is 16.7 Å². The molecule has 0 spiro atoms. The number of carboxylic acid groups (broad SMARTS) is 1. The van der Waals surface area contributed by atoms with Crippen molar-refractivity contribution in [1.29, 1.82) is 0 Å². The number of aryl methyl sites for hydroxylation is 1. The second-order valence-corrected chi connectivity index (χ2v) is 4.34. The third kappa shape index (κ3) is 2.68. The predicted octanol–water partition coefficient (Wildman–Crippen LogP) is 2.25. The molecule has 0 fully saturated rings. The molecule has 0 unspecified atom stereocenters. The normalized spacial score (nSPS) is 10.6. The van der Waals surface area contributed by atoms with E-state index >= 15 is 0 Å². The van der Waals surface area contributed by atoms with E-state index in [1.165, 1.54) is 0 Å². The third-order valence-corrected chi connectivity index (χ3v) is 3.03. The Kier molecular flexibility index (Phi) is 3.62. The zero-order valence-corrected chi connectivity index (χ0v) is 10.6. The number of aliphatic carboxylic acids is 1. The van der Waals surface area contributed by atoms with Crippen LogP contribution < -0.4 is 0 Å². The number of hydrogen-bond acceptors (Lipinski definition) is 3. The van der Waals surface area contributed by atoms with E-state index in [1.54, 1.807) is 10.9 Å². The molecule has 1 heterocycles. The van der Waals surface area contributed by atoms with Crippen LogP contribution in [0.25, 0.3) is 5.69 Å². The fraction of sp³-hybridized carbons (Fsp3) is 0.250. The summed E-state index contributed by atoms with van der Waals surface area (Å²) in [6.07, 6.45) is 2.14. The van der Waals surface area contributed by atoms with E-state index in [1.807, 2.05) is 25.1 Å². The first-order chi connectivity index (χ1) is 8.58. The van der Waals surface area contributed by atoms with Gasteiger partial charge in [-0.05, 0) is 24.6 Å². The van der Waals surface area contributed by atoms with E-state index in [0.29, 0.717) is 17.1 Å². The van der Waals surface area contributed by atoms with Crippen LogP contribution in [0.5, 0.6) is 0 Å². The zero-order chi connectivity index (χ0) is 13.1. The van der Waals surface area contributed by atoms with Crippen molar-refractivity contribution < 1.29 is 9.90 Å². The molecule has 2 aromatic rings. The number of carbonyl (C=O) groups is 1. The van der Waals surface area contributed by atoms with Gasteiger partial charge in [0.05, 0.1) is 24.0 Å².